The van der Waals surface area contributed by atoms with E-state index in [0.29, 0.717) is 17.9 Å². The van der Waals surface area contributed by atoms with Gasteiger partial charge in [-0.1, -0.05) is 38.1 Å². The van der Waals surface area contributed by atoms with E-state index < -0.39 is 28.5 Å². The van der Waals surface area contributed by atoms with E-state index >= 15 is 0 Å². The summed E-state index contributed by atoms with van der Waals surface area (Å²) in [4.78, 5) is 28.5. The molecule has 36 heavy (non-hydrogen) atoms. The van der Waals surface area contributed by atoms with E-state index in [0.717, 1.165) is 33.7 Å². The first-order chi connectivity index (χ1) is 16.9. The zero-order valence-electron chi connectivity index (χ0n) is 22.4. The minimum absolute atomic E-state index is 0.0530. The third-order valence-corrected chi connectivity index (χ3v) is 7.52. The van der Waals surface area contributed by atoms with E-state index in [9.17, 15) is 18.0 Å². The van der Waals surface area contributed by atoms with Crippen LogP contribution in [0.15, 0.2) is 42.5 Å². The molecule has 2 atom stereocenters. The SMILES string of the molecule is CC[C@H](C)NC(=O)[C@H](CC)N(Cc1cccc(OC)c1)C(=O)CN(c1cccc(C)c1C)S(C)(=O)=O. The van der Waals surface area contributed by atoms with Crippen LogP contribution in [0, 0.1) is 13.8 Å². The predicted octanol–water partition coefficient (Wildman–Crippen LogP) is 3.80. The first-order valence-corrected chi connectivity index (χ1v) is 14.0. The van der Waals surface area contributed by atoms with Crippen LogP contribution >= 0.6 is 0 Å². The van der Waals surface area contributed by atoms with E-state index in [-0.39, 0.29) is 18.5 Å². The molecule has 2 aromatic rings. The van der Waals surface area contributed by atoms with Gasteiger partial charge >= 0.3 is 0 Å². The summed E-state index contributed by atoms with van der Waals surface area (Å²) in [5.41, 5.74) is 2.91. The summed E-state index contributed by atoms with van der Waals surface area (Å²) in [5, 5.41) is 2.97. The second kappa shape index (κ2) is 12.8. The monoisotopic (exact) mass is 517 g/mol. The molecule has 2 aromatic carbocycles. The number of carbonyl (C=O) groups is 2. The molecule has 0 unspecified atom stereocenters. The highest BCUT2D eigenvalue weighted by atomic mass is 32.2. The van der Waals surface area contributed by atoms with E-state index in [2.05, 4.69) is 5.32 Å². The van der Waals surface area contributed by atoms with Gasteiger partial charge in [0.15, 0.2) is 0 Å². The number of nitrogens with zero attached hydrogens (tertiary/aromatic N) is 2. The average Bonchev–Trinajstić information content (AvgIpc) is 2.83. The maximum Gasteiger partial charge on any atom is 0.244 e. The molecule has 8 nitrogen and oxygen atoms in total. The molecule has 0 aliphatic heterocycles. The Hall–Kier alpha value is -3.07. The van der Waals surface area contributed by atoms with Crippen molar-refractivity contribution in [2.75, 3.05) is 24.2 Å². The van der Waals surface area contributed by atoms with E-state index in [1.165, 1.54) is 4.90 Å². The summed E-state index contributed by atoms with van der Waals surface area (Å²) in [6.07, 6.45) is 2.21. The maximum absolute atomic E-state index is 13.8. The highest BCUT2D eigenvalue weighted by Gasteiger charge is 2.32. The summed E-state index contributed by atoms with van der Waals surface area (Å²) in [6, 6.07) is 11.8. The summed E-state index contributed by atoms with van der Waals surface area (Å²) in [6.45, 7) is 9.15. The van der Waals surface area contributed by atoms with Gasteiger partial charge in [0.05, 0.1) is 19.1 Å². The van der Waals surface area contributed by atoms with Crippen molar-refractivity contribution in [3.63, 3.8) is 0 Å². The van der Waals surface area contributed by atoms with Gasteiger partial charge in [0.2, 0.25) is 21.8 Å². The first-order valence-electron chi connectivity index (χ1n) is 12.2. The molecule has 0 spiro atoms. The minimum Gasteiger partial charge on any atom is -0.497 e. The predicted molar refractivity (Wildman–Crippen MR) is 144 cm³/mol. The summed E-state index contributed by atoms with van der Waals surface area (Å²) in [5.74, 6) is -0.0961. The number of ether oxygens (including phenoxy) is 1. The smallest absolute Gasteiger partial charge is 0.244 e. The van der Waals surface area contributed by atoms with Gasteiger partial charge in [-0.3, -0.25) is 13.9 Å². The van der Waals surface area contributed by atoms with Crippen LogP contribution < -0.4 is 14.4 Å². The number of hydrogen-bond donors (Lipinski definition) is 1. The zero-order chi connectivity index (χ0) is 27.0. The molecule has 0 bridgehead atoms. The Bertz CT molecular complexity index is 1170. The number of anilines is 1. The third kappa shape index (κ3) is 7.46. The van der Waals surface area contributed by atoms with Crippen molar-refractivity contribution in [1.82, 2.24) is 10.2 Å². The summed E-state index contributed by atoms with van der Waals surface area (Å²) in [7, 11) is -2.22. The minimum atomic E-state index is -3.78. The van der Waals surface area contributed by atoms with Gasteiger partial charge in [-0.15, -0.1) is 0 Å². The van der Waals surface area contributed by atoms with E-state index in [4.69, 9.17) is 4.74 Å². The van der Waals surface area contributed by atoms with Gasteiger partial charge < -0.3 is 15.0 Å². The molecular formula is C27H39N3O5S. The number of amides is 2. The lowest BCUT2D eigenvalue weighted by Crippen LogP contribution is -2.53. The van der Waals surface area contributed by atoms with Crippen molar-refractivity contribution in [2.24, 2.45) is 0 Å². The van der Waals surface area contributed by atoms with E-state index in [1.807, 2.05) is 52.8 Å². The quantitative estimate of drug-likeness (QED) is 0.462. The molecule has 2 amide bonds. The van der Waals surface area contributed by atoms with Gasteiger partial charge in [-0.25, -0.2) is 8.42 Å². The molecule has 0 heterocycles. The van der Waals surface area contributed by atoms with Crippen LogP contribution in [-0.2, 0) is 26.2 Å². The summed E-state index contributed by atoms with van der Waals surface area (Å²) >= 11 is 0. The fourth-order valence-corrected chi connectivity index (χ4v) is 4.83. The van der Waals surface area contributed by atoms with Crippen LogP contribution in [0.1, 0.15) is 50.3 Å². The number of aryl methyl sites for hydroxylation is 1. The largest absolute Gasteiger partial charge is 0.497 e. The maximum atomic E-state index is 13.8. The normalized spacial score (nSPS) is 13.0. The molecule has 0 aliphatic carbocycles. The fourth-order valence-electron chi connectivity index (χ4n) is 3.93. The molecule has 0 saturated carbocycles. The second-order valence-corrected chi connectivity index (χ2v) is 11.0. The standard InChI is InChI=1S/C27H39N3O5S/c1-8-20(4)28-27(32)24(9-2)29(17-22-13-11-14-23(16-22)35-6)26(31)18-30(36(7,33)34)25-15-10-12-19(3)21(25)5/h10-16,20,24H,8-9,17-18H2,1-7H3,(H,28,32)/t20-,24-/m0/s1. The van der Waals surface area contributed by atoms with Crippen molar-refractivity contribution in [2.45, 2.75) is 66.1 Å². The van der Waals surface area contributed by atoms with Crippen LogP contribution in [-0.4, -0.2) is 57.1 Å². The highest BCUT2D eigenvalue weighted by molar-refractivity contribution is 7.92. The molecule has 1 N–H and O–H groups in total. The van der Waals surface area contributed by atoms with E-state index in [1.54, 1.807) is 31.4 Å². The number of sulfonamides is 1. The number of carbonyl (C=O) groups excluding carboxylic acids is 2. The fraction of sp³-hybridized carbons (Fsp3) is 0.481. The van der Waals surface area contributed by atoms with Crippen molar-refractivity contribution < 1.29 is 22.7 Å². The number of nitrogens with one attached hydrogen (secondary N) is 1. The van der Waals surface area contributed by atoms with Crippen molar-refractivity contribution >= 4 is 27.5 Å². The number of hydrogen-bond acceptors (Lipinski definition) is 5. The lowest BCUT2D eigenvalue weighted by molar-refractivity contribution is -0.140. The van der Waals surface area contributed by atoms with Gasteiger partial charge in [0.25, 0.3) is 0 Å². The molecule has 2 rings (SSSR count). The van der Waals surface area contributed by atoms with Crippen LogP contribution in [0.5, 0.6) is 5.75 Å². The molecule has 198 valence electrons. The van der Waals surface area contributed by atoms with Crippen LogP contribution in [0.3, 0.4) is 0 Å². The lowest BCUT2D eigenvalue weighted by atomic mass is 10.1. The van der Waals surface area contributed by atoms with Crippen LogP contribution in [0.2, 0.25) is 0 Å². The topological polar surface area (TPSA) is 96.0 Å². The van der Waals surface area contributed by atoms with Gasteiger partial charge in [0.1, 0.15) is 18.3 Å². The second-order valence-electron chi connectivity index (χ2n) is 9.10. The van der Waals surface area contributed by atoms with Crippen molar-refractivity contribution in [3.8, 4) is 5.75 Å². The Balaban J connectivity index is 2.50. The molecule has 9 heteroatoms. The third-order valence-electron chi connectivity index (χ3n) is 6.40. The highest BCUT2D eigenvalue weighted by Crippen LogP contribution is 2.26. The summed E-state index contributed by atoms with van der Waals surface area (Å²) < 4.78 is 32.1. The number of benzene rings is 2. The Labute approximate surface area is 215 Å². The number of rotatable bonds is 12. The molecule has 0 aromatic heterocycles. The first kappa shape index (κ1) is 29.2. The van der Waals surface area contributed by atoms with Crippen LogP contribution in [0.4, 0.5) is 5.69 Å². The van der Waals surface area contributed by atoms with Gasteiger partial charge in [-0.2, -0.15) is 0 Å². The van der Waals surface area contributed by atoms with Crippen LogP contribution in [0.25, 0.3) is 0 Å². The van der Waals surface area contributed by atoms with Crippen molar-refractivity contribution in [1.29, 1.82) is 0 Å². The molecule has 0 aliphatic rings. The Morgan fingerprint density at radius 2 is 1.72 bits per heavy atom. The Kier molecular flexibility index (Phi) is 10.3. The van der Waals surface area contributed by atoms with Crippen molar-refractivity contribution in [3.05, 3.63) is 59.2 Å². The average molecular weight is 518 g/mol. The van der Waals surface area contributed by atoms with Gasteiger partial charge in [0, 0.05) is 12.6 Å². The molecule has 0 saturated heterocycles. The Morgan fingerprint density at radius 3 is 2.31 bits per heavy atom. The lowest BCUT2D eigenvalue weighted by Gasteiger charge is -2.33. The van der Waals surface area contributed by atoms with Gasteiger partial charge in [-0.05, 0) is 68.5 Å². The number of methoxy groups -OCH3 is 1. The molecule has 0 radical (unpaired) electrons. The zero-order valence-corrected chi connectivity index (χ0v) is 23.2. The molecule has 0 fully saturated rings. The Morgan fingerprint density at radius 1 is 1.06 bits per heavy atom. The molecular weight excluding hydrogens is 478 g/mol.